The molecule has 1 heterocycles. The largest absolute Gasteiger partial charge is 0.341 e. The van der Waals surface area contributed by atoms with Gasteiger partial charge in [0.15, 0.2) is 0 Å². The van der Waals surface area contributed by atoms with Gasteiger partial charge in [-0.2, -0.15) is 0 Å². The Morgan fingerprint density at radius 1 is 0.917 bits per heavy atom. The van der Waals surface area contributed by atoms with Gasteiger partial charge in [0.25, 0.3) is 0 Å². The number of para-hydroxylation sites is 1. The van der Waals surface area contributed by atoms with Crippen LogP contribution in [0.2, 0.25) is 0 Å². The minimum absolute atomic E-state index is 0.00981. The molecule has 0 atom stereocenters. The van der Waals surface area contributed by atoms with E-state index in [1.807, 2.05) is 90.5 Å². The van der Waals surface area contributed by atoms with E-state index in [1.54, 1.807) is 11.8 Å². The van der Waals surface area contributed by atoms with Gasteiger partial charge in [-0.1, -0.05) is 61.1 Å². The SMILES string of the molecule is CC(=O)ON=C(CCC(C)C)c1ccc(Sc2ccc(C(=O)c3cc4ccccc4n3C)cc2)cc1. The van der Waals surface area contributed by atoms with E-state index in [2.05, 4.69) is 19.0 Å². The van der Waals surface area contributed by atoms with Gasteiger partial charge < -0.3 is 9.40 Å². The minimum atomic E-state index is -0.424. The highest BCUT2D eigenvalue weighted by Gasteiger charge is 2.15. The van der Waals surface area contributed by atoms with Gasteiger partial charge in [-0.05, 0) is 72.9 Å². The summed E-state index contributed by atoms with van der Waals surface area (Å²) in [5.41, 5.74) is 4.10. The number of hydrogen-bond donors (Lipinski definition) is 0. The van der Waals surface area contributed by atoms with Gasteiger partial charge in [-0.25, -0.2) is 4.79 Å². The molecule has 0 unspecified atom stereocenters. The van der Waals surface area contributed by atoms with Crippen molar-refractivity contribution in [1.82, 2.24) is 4.57 Å². The van der Waals surface area contributed by atoms with Crippen LogP contribution in [0, 0.1) is 5.92 Å². The summed E-state index contributed by atoms with van der Waals surface area (Å²) in [6.45, 7) is 5.66. The van der Waals surface area contributed by atoms with E-state index in [4.69, 9.17) is 4.84 Å². The summed E-state index contributed by atoms with van der Waals surface area (Å²) in [4.78, 5) is 31.4. The zero-order chi connectivity index (χ0) is 25.7. The van der Waals surface area contributed by atoms with Crippen LogP contribution in [0.5, 0.6) is 0 Å². The average molecular weight is 499 g/mol. The zero-order valence-corrected chi connectivity index (χ0v) is 21.8. The molecule has 0 bridgehead atoms. The van der Waals surface area contributed by atoms with Crippen molar-refractivity contribution in [2.45, 2.75) is 43.4 Å². The van der Waals surface area contributed by atoms with Gasteiger partial charge in [0.1, 0.15) is 0 Å². The van der Waals surface area contributed by atoms with Crippen LogP contribution in [0.3, 0.4) is 0 Å². The molecule has 4 rings (SSSR count). The lowest BCUT2D eigenvalue weighted by molar-refractivity contribution is -0.140. The number of rotatable bonds is 9. The number of benzene rings is 3. The fourth-order valence-electron chi connectivity index (χ4n) is 3.97. The molecule has 1 aromatic heterocycles. The Morgan fingerprint density at radius 2 is 1.53 bits per heavy atom. The Kier molecular flexibility index (Phi) is 8.06. The standard InChI is InChI=1S/C30H30N2O3S/c1-20(2)9-18-27(31-35-21(3)33)22-10-14-25(15-11-22)36-26-16-12-23(13-17-26)30(34)29-19-24-7-5-6-8-28(24)32(29)4/h5-8,10-17,19-20H,9,18H2,1-4H3. The summed E-state index contributed by atoms with van der Waals surface area (Å²) in [5.74, 6) is 0.111. The average Bonchev–Trinajstić information content (AvgIpc) is 3.21. The molecule has 0 spiro atoms. The third-order valence-electron chi connectivity index (χ3n) is 5.97. The molecule has 5 nitrogen and oxygen atoms in total. The Bertz CT molecular complexity index is 1400. The highest BCUT2D eigenvalue weighted by molar-refractivity contribution is 7.99. The Hall–Kier alpha value is -3.64. The maximum Gasteiger partial charge on any atom is 0.331 e. The number of nitrogens with zero attached hydrogens (tertiary/aromatic N) is 2. The number of oxime groups is 1. The Labute approximate surface area is 216 Å². The van der Waals surface area contributed by atoms with Gasteiger partial charge in [0.2, 0.25) is 5.78 Å². The number of hydrogen-bond acceptors (Lipinski definition) is 5. The first-order chi connectivity index (χ1) is 17.3. The number of aryl methyl sites for hydroxylation is 1. The fourth-order valence-corrected chi connectivity index (χ4v) is 4.78. The second-order valence-electron chi connectivity index (χ2n) is 9.18. The molecular weight excluding hydrogens is 468 g/mol. The molecule has 36 heavy (non-hydrogen) atoms. The summed E-state index contributed by atoms with van der Waals surface area (Å²) in [5, 5.41) is 5.14. The molecule has 4 aromatic rings. The highest BCUT2D eigenvalue weighted by Crippen LogP contribution is 2.29. The third-order valence-corrected chi connectivity index (χ3v) is 6.98. The van der Waals surface area contributed by atoms with Crippen molar-refractivity contribution in [2.75, 3.05) is 0 Å². The van der Waals surface area contributed by atoms with Gasteiger partial charge in [-0.3, -0.25) is 4.79 Å². The van der Waals surface area contributed by atoms with Crippen molar-refractivity contribution in [2.24, 2.45) is 18.1 Å². The van der Waals surface area contributed by atoms with Crippen molar-refractivity contribution >= 4 is 40.1 Å². The molecule has 0 aliphatic heterocycles. The molecule has 0 N–H and O–H groups in total. The first-order valence-electron chi connectivity index (χ1n) is 12.0. The first kappa shape index (κ1) is 25.5. The minimum Gasteiger partial charge on any atom is -0.341 e. The molecule has 0 saturated heterocycles. The number of fused-ring (bicyclic) bond motifs is 1. The van der Waals surface area contributed by atoms with E-state index in [-0.39, 0.29) is 5.78 Å². The monoisotopic (exact) mass is 498 g/mol. The van der Waals surface area contributed by atoms with Crippen LogP contribution in [0.1, 0.15) is 55.2 Å². The summed E-state index contributed by atoms with van der Waals surface area (Å²) in [6.07, 6.45) is 1.70. The third kappa shape index (κ3) is 6.13. The molecule has 0 fully saturated rings. The van der Waals surface area contributed by atoms with Crippen molar-refractivity contribution < 1.29 is 14.4 Å². The quantitative estimate of drug-likeness (QED) is 0.105. The van der Waals surface area contributed by atoms with Crippen LogP contribution in [-0.2, 0) is 16.7 Å². The van der Waals surface area contributed by atoms with E-state index in [1.165, 1.54) is 6.92 Å². The fraction of sp³-hybridized carbons (Fsp3) is 0.233. The smallest absolute Gasteiger partial charge is 0.331 e. The van der Waals surface area contributed by atoms with E-state index < -0.39 is 5.97 Å². The van der Waals surface area contributed by atoms with Crippen LogP contribution < -0.4 is 0 Å². The topological polar surface area (TPSA) is 60.7 Å². The molecule has 0 radical (unpaired) electrons. The highest BCUT2D eigenvalue weighted by atomic mass is 32.2. The van der Waals surface area contributed by atoms with Crippen molar-refractivity contribution in [3.05, 3.63) is 95.7 Å². The van der Waals surface area contributed by atoms with E-state index in [0.29, 0.717) is 17.2 Å². The molecule has 3 aromatic carbocycles. The Morgan fingerprint density at radius 3 is 2.11 bits per heavy atom. The summed E-state index contributed by atoms with van der Waals surface area (Å²) in [7, 11) is 1.93. The number of aromatic nitrogens is 1. The number of carbonyl (C=O) groups is 2. The second kappa shape index (κ2) is 11.4. The lowest BCUT2D eigenvalue weighted by Gasteiger charge is -2.09. The molecule has 6 heteroatoms. The predicted octanol–water partition coefficient (Wildman–Crippen LogP) is 7.26. The molecule has 0 saturated carbocycles. The molecule has 0 aliphatic carbocycles. The maximum atomic E-state index is 13.1. The normalized spacial score (nSPS) is 11.8. The molecule has 0 amide bonds. The van der Waals surface area contributed by atoms with Crippen molar-refractivity contribution in [3.63, 3.8) is 0 Å². The van der Waals surface area contributed by atoms with Crippen LogP contribution in [0.25, 0.3) is 10.9 Å². The lowest BCUT2D eigenvalue weighted by atomic mass is 10.0. The van der Waals surface area contributed by atoms with Gasteiger partial charge >= 0.3 is 5.97 Å². The van der Waals surface area contributed by atoms with E-state index >= 15 is 0 Å². The van der Waals surface area contributed by atoms with Crippen molar-refractivity contribution in [3.8, 4) is 0 Å². The van der Waals surface area contributed by atoms with Crippen LogP contribution in [0.15, 0.2) is 93.8 Å². The van der Waals surface area contributed by atoms with E-state index in [0.717, 1.165) is 44.8 Å². The molecule has 0 aliphatic rings. The maximum absolute atomic E-state index is 13.1. The van der Waals surface area contributed by atoms with Gasteiger partial charge in [0.05, 0.1) is 11.4 Å². The lowest BCUT2D eigenvalue weighted by Crippen LogP contribution is -2.07. The summed E-state index contributed by atoms with van der Waals surface area (Å²) in [6, 6.07) is 25.7. The number of ketones is 1. The number of carbonyl (C=O) groups excluding carboxylic acids is 2. The molecular formula is C30H30N2O3S. The second-order valence-corrected chi connectivity index (χ2v) is 10.3. The van der Waals surface area contributed by atoms with Crippen molar-refractivity contribution in [1.29, 1.82) is 0 Å². The molecule has 184 valence electrons. The van der Waals surface area contributed by atoms with Crippen LogP contribution >= 0.6 is 11.8 Å². The van der Waals surface area contributed by atoms with Gasteiger partial charge in [0, 0.05) is 40.2 Å². The summed E-state index contributed by atoms with van der Waals surface area (Å²) < 4.78 is 1.95. The van der Waals surface area contributed by atoms with Crippen LogP contribution in [0.4, 0.5) is 0 Å². The predicted molar refractivity (Wildman–Crippen MR) is 146 cm³/mol. The Balaban J connectivity index is 1.46. The van der Waals surface area contributed by atoms with E-state index in [9.17, 15) is 9.59 Å². The summed E-state index contributed by atoms with van der Waals surface area (Å²) >= 11 is 1.63. The van der Waals surface area contributed by atoms with Crippen LogP contribution in [-0.4, -0.2) is 22.0 Å². The zero-order valence-electron chi connectivity index (χ0n) is 21.0. The van der Waals surface area contributed by atoms with Gasteiger partial charge in [-0.15, -0.1) is 0 Å². The first-order valence-corrected chi connectivity index (χ1v) is 12.9.